The van der Waals surface area contributed by atoms with Crippen molar-refractivity contribution in [2.45, 2.75) is 0 Å². The van der Waals surface area contributed by atoms with Gasteiger partial charge in [0, 0.05) is 16.9 Å². The van der Waals surface area contributed by atoms with Crippen molar-refractivity contribution in [3.63, 3.8) is 0 Å². The van der Waals surface area contributed by atoms with Crippen LogP contribution in [0.15, 0.2) is 78.9 Å². The van der Waals surface area contributed by atoms with Gasteiger partial charge in [-0.2, -0.15) is 0 Å². The van der Waals surface area contributed by atoms with Gasteiger partial charge in [0.05, 0.1) is 6.54 Å². The van der Waals surface area contributed by atoms with Crippen LogP contribution in [-0.4, -0.2) is 18.4 Å². The lowest BCUT2D eigenvalue weighted by Crippen LogP contribution is -2.21. The van der Waals surface area contributed by atoms with Gasteiger partial charge in [-0.3, -0.25) is 9.59 Å². The van der Waals surface area contributed by atoms with Crippen molar-refractivity contribution in [2.75, 3.05) is 17.2 Å². The summed E-state index contributed by atoms with van der Waals surface area (Å²) < 4.78 is 5.71. The minimum absolute atomic E-state index is 0.0954. The second-order valence-corrected chi connectivity index (χ2v) is 5.78. The highest BCUT2D eigenvalue weighted by Crippen LogP contribution is 2.22. The first-order valence-electron chi connectivity index (χ1n) is 8.37. The minimum atomic E-state index is -0.487. The van der Waals surface area contributed by atoms with Crippen molar-refractivity contribution >= 4 is 23.2 Å². The maximum atomic E-state index is 12.1. The molecule has 0 heterocycles. The van der Waals surface area contributed by atoms with Crippen LogP contribution in [0.4, 0.5) is 11.4 Å². The monoisotopic (exact) mass is 361 g/mol. The highest BCUT2D eigenvalue weighted by Gasteiger charge is 2.04. The van der Waals surface area contributed by atoms with Gasteiger partial charge in [0.2, 0.25) is 11.8 Å². The fourth-order valence-corrected chi connectivity index (χ4v) is 2.37. The first kappa shape index (κ1) is 18.0. The third-order valence-corrected chi connectivity index (χ3v) is 3.74. The van der Waals surface area contributed by atoms with Crippen molar-refractivity contribution in [2.24, 2.45) is 5.73 Å². The van der Waals surface area contributed by atoms with Gasteiger partial charge < -0.3 is 21.1 Å². The van der Waals surface area contributed by atoms with Gasteiger partial charge in [-0.1, -0.05) is 18.2 Å². The average Bonchev–Trinajstić information content (AvgIpc) is 2.69. The van der Waals surface area contributed by atoms with E-state index < -0.39 is 5.91 Å². The van der Waals surface area contributed by atoms with Crippen LogP contribution < -0.4 is 21.1 Å². The van der Waals surface area contributed by atoms with Crippen LogP contribution in [-0.2, 0) is 4.79 Å². The summed E-state index contributed by atoms with van der Waals surface area (Å²) in [6, 6.07) is 23.2. The number of anilines is 2. The fourth-order valence-electron chi connectivity index (χ4n) is 2.37. The van der Waals surface area contributed by atoms with E-state index in [1.54, 1.807) is 48.5 Å². The summed E-state index contributed by atoms with van der Waals surface area (Å²) in [6.45, 7) is 0.0954. The number of rotatable bonds is 7. The molecule has 0 atom stereocenters. The molecule has 0 fully saturated rings. The zero-order chi connectivity index (χ0) is 19.1. The predicted octanol–water partition coefficient (Wildman–Crippen LogP) is 3.63. The SMILES string of the molecule is NC(=O)c1ccc(NCC(=O)Nc2ccc(Oc3ccccc3)cc2)cc1. The number of nitrogens with one attached hydrogen (secondary N) is 2. The molecule has 0 aliphatic rings. The topological polar surface area (TPSA) is 93.5 Å². The summed E-state index contributed by atoms with van der Waals surface area (Å²) in [5.74, 6) is 0.761. The number of benzene rings is 3. The van der Waals surface area contributed by atoms with Crippen LogP contribution in [0.2, 0.25) is 0 Å². The van der Waals surface area contributed by atoms with Gasteiger partial charge in [0.15, 0.2) is 0 Å². The van der Waals surface area contributed by atoms with E-state index in [2.05, 4.69) is 10.6 Å². The summed E-state index contributed by atoms with van der Waals surface area (Å²) in [4.78, 5) is 23.1. The van der Waals surface area contributed by atoms with E-state index in [1.165, 1.54) is 0 Å². The number of primary amides is 1. The lowest BCUT2D eigenvalue weighted by molar-refractivity contribution is -0.114. The van der Waals surface area contributed by atoms with Crippen molar-refractivity contribution in [3.05, 3.63) is 84.4 Å². The predicted molar refractivity (Wildman–Crippen MR) is 105 cm³/mol. The molecule has 0 saturated heterocycles. The van der Waals surface area contributed by atoms with Gasteiger partial charge in [0.25, 0.3) is 0 Å². The number of amides is 2. The van der Waals surface area contributed by atoms with Crippen LogP contribution >= 0.6 is 0 Å². The molecule has 27 heavy (non-hydrogen) atoms. The summed E-state index contributed by atoms with van der Waals surface area (Å²) in [6.07, 6.45) is 0. The van der Waals surface area contributed by atoms with Gasteiger partial charge in [-0.25, -0.2) is 0 Å². The Balaban J connectivity index is 1.49. The molecule has 4 N–H and O–H groups in total. The molecular weight excluding hydrogens is 342 g/mol. The molecular formula is C21H19N3O3. The molecule has 2 amide bonds. The lowest BCUT2D eigenvalue weighted by atomic mass is 10.2. The first-order valence-corrected chi connectivity index (χ1v) is 8.37. The number of ether oxygens (including phenoxy) is 1. The Bertz CT molecular complexity index is 908. The van der Waals surface area contributed by atoms with E-state index in [9.17, 15) is 9.59 Å². The van der Waals surface area contributed by atoms with Crippen molar-refractivity contribution in [3.8, 4) is 11.5 Å². The smallest absolute Gasteiger partial charge is 0.248 e. The molecule has 0 aromatic heterocycles. The second kappa shape index (κ2) is 8.53. The van der Waals surface area contributed by atoms with Crippen molar-refractivity contribution in [1.29, 1.82) is 0 Å². The van der Waals surface area contributed by atoms with Crippen LogP contribution in [0.25, 0.3) is 0 Å². The van der Waals surface area contributed by atoms with Crippen molar-refractivity contribution < 1.29 is 14.3 Å². The molecule has 0 aliphatic carbocycles. The zero-order valence-electron chi connectivity index (χ0n) is 14.5. The summed E-state index contributed by atoms with van der Waals surface area (Å²) in [5, 5.41) is 5.79. The molecule has 0 bridgehead atoms. The van der Waals surface area contributed by atoms with E-state index >= 15 is 0 Å². The van der Waals surface area contributed by atoms with Gasteiger partial charge in [0.1, 0.15) is 11.5 Å². The van der Waals surface area contributed by atoms with E-state index in [4.69, 9.17) is 10.5 Å². The standard InChI is InChI=1S/C21H19N3O3/c22-21(26)15-6-8-16(9-7-15)23-14-20(25)24-17-10-12-19(13-11-17)27-18-4-2-1-3-5-18/h1-13,23H,14H2,(H2,22,26)(H,24,25). The third kappa shape index (κ3) is 5.34. The maximum Gasteiger partial charge on any atom is 0.248 e. The Morgan fingerprint density at radius 1 is 0.778 bits per heavy atom. The number of carbonyl (C=O) groups excluding carboxylic acids is 2. The largest absolute Gasteiger partial charge is 0.457 e. The summed E-state index contributed by atoms with van der Waals surface area (Å²) in [5.41, 5.74) is 7.01. The molecule has 6 heteroatoms. The quantitative estimate of drug-likeness (QED) is 0.599. The third-order valence-electron chi connectivity index (χ3n) is 3.74. The number of para-hydroxylation sites is 1. The molecule has 3 rings (SSSR count). The molecule has 0 unspecified atom stereocenters. The summed E-state index contributed by atoms with van der Waals surface area (Å²) in [7, 11) is 0. The van der Waals surface area contributed by atoms with Gasteiger partial charge in [-0.05, 0) is 60.7 Å². The number of hydrogen-bond acceptors (Lipinski definition) is 4. The summed E-state index contributed by atoms with van der Waals surface area (Å²) >= 11 is 0. The molecule has 0 aliphatic heterocycles. The van der Waals surface area contributed by atoms with Crippen LogP contribution in [0.1, 0.15) is 10.4 Å². The Morgan fingerprint density at radius 2 is 1.37 bits per heavy atom. The Kier molecular flexibility index (Phi) is 5.69. The maximum absolute atomic E-state index is 12.1. The van der Waals surface area contributed by atoms with E-state index in [-0.39, 0.29) is 12.5 Å². The molecule has 136 valence electrons. The van der Waals surface area contributed by atoms with E-state index in [0.29, 0.717) is 17.0 Å². The molecule has 0 radical (unpaired) electrons. The molecule has 0 spiro atoms. The average molecular weight is 361 g/mol. The van der Waals surface area contributed by atoms with Crippen LogP contribution in [0.5, 0.6) is 11.5 Å². The zero-order valence-corrected chi connectivity index (χ0v) is 14.5. The van der Waals surface area contributed by atoms with Crippen LogP contribution in [0.3, 0.4) is 0 Å². The Labute approximate surface area is 157 Å². The molecule has 3 aromatic rings. The molecule has 3 aromatic carbocycles. The molecule has 6 nitrogen and oxygen atoms in total. The Hall–Kier alpha value is -3.80. The fraction of sp³-hybridized carbons (Fsp3) is 0.0476. The highest BCUT2D eigenvalue weighted by atomic mass is 16.5. The normalized spacial score (nSPS) is 10.1. The molecule has 0 saturated carbocycles. The van der Waals surface area contributed by atoms with Crippen LogP contribution in [0, 0.1) is 0 Å². The lowest BCUT2D eigenvalue weighted by Gasteiger charge is -2.09. The number of nitrogens with two attached hydrogens (primary N) is 1. The Morgan fingerprint density at radius 3 is 2.00 bits per heavy atom. The first-order chi connectivity index (χ1) is 13.1. The highest BCUT2D eigenvalue weighted by molar-refractivity contribution is 5.94. The van der Waals surface area contributed by atoms with E-state index in [0.717, 1.165) is 11.4 Å². The number of hydrogen-bond donors (Lipinski definition) is 3. The van der Waals surface area contributed by atoms with Gasteiger partial charge >= 0.3 is 0 Å². The van der Waals surface area contributed by atoms with E-state index in [1.807, 2.05) is 30.3 Å². The van der Waals surface area contributed by atoms with Crippen molar-refractivity contribution in [1.82, 2.24) is 0 Å². The minimum Gasteiger partial charge on any atom is -0.457 e. The second-order valence-electron chi connectivity index (χ2n) is 5.78. The van der Waals surface area contributed by atoms with Gasteiger partial charge in [-0.15, -0.1) is 0 Å². The number of carbonyl (C=O) groups is 2.